The number of nitrogen functional groups attached to an aromatic ring is 1. The summed E-state index contributed by atoms with van der Waals surface area (Å²) in [4.78, 5) is 16.0. The van der Waals surface area contributed by atoms with Crippen LogP contribution in [0.4, 0.5) is 11.4 Å². The molecule has 0 spiro atoms. The molecule has 6 nitrogen and oxygen atoms in total. The van der Waals surface area contributed by atoms with E-state index >= 15 is 0 Å². The second kappa shape index (κ2) is 4.25. The van der Waals surface area contributed by atoms with Crippen LogP contribution in [0.2, 0.25) is 0 Å². The largest absolute Gasteiger partial charge is 0.397 e. The maximum absolute atomic E-state index is 12.0. The Bertz CT molecular complexity index is 561. The molecule has 0 saturated heterocycles. The van der Waals surface area contributed by atoms with E-state index in [0.717, 1.165) is 0 Å². The number of nitrogens with zero attached hydrogens (tertiary/aromatic N) is 3. The lowest BCUT2D eigenvalue weighted by molar-refractivity contribution is 0.102. The van der Waals surface area contributed by atoms with Crippen molar-refractivity contribution >= 4 is 17.3 Å². The fourth-order valence-electron chi connectivity index (χ4n) is 1.46. The smallest absolute Gasteiger partial charge is 0.257 e. The van der Waals surface area contributed by atoms with Crippen molar-refractivity contribution in [3.63, 3.8) is 0 Å². The molecule has 0 bridgehead atoms. The van der Waals surface area contributed by atoms with E-state index in [1.54, 1.807) is 37.1 Å². The molecule has 2 rings (SSSR count). The Morgan fingerprint density at radius 2 is 2.24 bits per heavy atom. The zero-order valence-corrected chi connectivity index (χ0v) is 9.64. The van der Waals surface area contributed by atoms with Crippen LogP contribution in [0.5, 0.6) is 0 Å². The first-order valence-corrected chi connectivity index (χ1v) is 5.08. The van der Waals surface area contributed by atoms with E-state index in [-0.39, 0.29) is 5.91 Å². The number of anilines is 2. The molecule has 0 aliphatic rings. The van der Waals surface area contributed by atoms with Crippen LogP contribution in [0.1, 0.15) is 16.1 Å². The molecular formula is C11H13N5O. The van der Waals surface area contributed by atoms with Crippen LogP contribution >= 0.6 is 0 Å². The summed E-state index contributed by atoms with van der Waals surface area (Å²) >= 11 is 0. The lowest BCUT2D eigenvalue weighted by Crippen LogP contribution is -2.14. The van der Waals surface area contributed by atoms with E-state index in [9.17, 15) is 4.79 Å². The van der Waals surface area contributed by atoms with Crippen molar-refractivity contribution in [1.82, 2.24) is 14.8 Å². The summed E-state index contributed by atoms with van der Waals surface area (Å²) in [5.41, 5.74) is 7.81. The molecule has 0 aliphatic heterocycles. The molecule has 17 heavy (non-hydrogen) atoms. The van der Waals surface area contributed by atoms with Gasteiger partial charge in [0.25, 0.3) is 5.91 Å². The van der Waals surface area contributed by atoms with Crippen molar-refractivity contribution in [3.8, 4) is 0 Å². The quantitative estimate of drug-likeness (QED) is 0.806. The van der Waals surface area contributed by atoms with Crippen LogP contribution in [0.3, 0.4) is 0 Å². The van der Waals surface area contributed by atoms with Crippen molar-refractivity contribution in [2.24, 2.45) is 7.05 Å². The minimum atomic E-state index is -0.240. The highest BCUT2D eigenvalue weighted by atomic mass is 16.1. The number of carbonyl (C=O) groups excluding carboxylic acids is 1. The summed E-state index contributed by atoms with van der Waals surface area (Å²) in [6.07, 6.45) is 4.82. The third kappa shape index (κ3) is 2.41. The second-order valence-electron chi connectivity index (χ2n) is 3.76. The van der Waals surface area contributed by atoms with Crippen LogP contribution in [0.15, 0.2) is 24.7 Å². The van der Waals surface area contributed by atoms with Gasteiger partial charge in [0.15, 0.2) is 0 Å². The number of hydrogen-bond donors (Lipinski definition) is 2. The van der Waals surface area contributed by atoms with E-state index in [1.165, 1.54) is 6.20 Å². The van der Waals surface area contributed by atoms with Crippen LogP contribution in [-0.2, 0) is 7.05 Å². The fraction of sp³-hybridized carbons (Fsp3) is 0.182. The highest BCUT2D eigenvalue weighted by molar-refractivity contribution is 6.05. The topological polar surface area (TPSA) is 85.8 Å². The Morgan fingerprint density at radius 3 is 2.88 bits per heavy atom. The Kier molecular flexibility index (Phi) is 2.78. The summed E-state index contributed by atoms with van der Waals surface area (Å²) in [6.45, 7) is 1.76. The van der Waals surface area contributed by atoms with Gasteiger partial charge in [-0.3, -0.25) is 14.5 Å². The number of aryl methyl sites for hydroxylation is 2. The summed E-state index contributed by atoms with van der Waals surface area (Å²) in [6, 6.07) is 1.61. The number of nitrogens with two attached hydrogens (primary N) is 1. The van der Waals surface area contributed by atoms with Crippen LogP contribution in [0, 0.1) is 6.92 Å². The summed E-state index contributed by atoms with van der Waals surface area (Å²) in [7, 11) is 1.78. The van der Waals surface area contributed by atoms with E-state index in [2.05, 4.69) is 15.4 Å². The molecule has 0 saturated carbocycles. The minimum Gasteiger partial charge on any atom is -0.397 e. The van der Waals surface area contributed by atoms with E-state index < -0.39 is 0 Å². The number of hydrogen-bond acceptors (Lipinski definition) is 4. The van der Waals surface area contributed by atoms with Gasteiger partial charge in [0.05, 0.1) is 35.0 Å². The first-order valence-electron chi connectivity index (χ1n) is 5.08. The molecule has 2 heterocycles. The van der Waals surface area contributed by atoms with Gasteiger partial charge in [-0.15, -0.1) is 0 Å². The van der Waals surface area contributed by atoms with Crippen LogP contribution in [-0.4, -0.2) is 20.7 Å². The van der Waals surface area contributed by atoms with Gasteiger partial charge in [0.2, 0.25) is 0 Å². The van der Waals surface area contributed by atoms with Crippen LogP contribution in [0.25, 0.3) is 0 Å². The lowest BCUT2D eigenvalue weighted by Gasteiger charge is -2.05. The monoisotopic (exact) mass is 231 g/mol. The van der Waals surface area contributed by atoms with E-state index in [0.29, 0.717) is 22.6 Å². The van der Waals surface area contributed by atoms with Gasteiger partial charge < -0.3 is 11.1 Å². The number of nitrogens with one attached hydrogen (secondary N) is 1. The predicted molar refractivity (Wildman–Crippen MR) is 64.5 cm³/mol. The van der Waals surface area contributed by atoms with E-state index in [4.69, 9.17) is 5.73 Å². The Hall–Kier alpha value is -2.37. The first kappa shape index (κ1) is 11.1. The first-order chi connectivity index (χ1) is 8.06. The molecule has 6 heteroatoms. The van der Waals surface area contributed by atoms with Crippen molar-refractivity contribution in [2.45, 2.75) is 6.92 Å². The average Bonchev–Trinajstić information content (AvgIpc) is 2.67. The number of pyridine rings is 1. The molecule has 0 unspecified atom stereocenters. The maximum atomic E-state index is 12.0. The van der Waals surface area contributed by atoms with Gasteiger partial charge in [-0.05, 0) is 13.0 Å². The number of rotatable bonds is 2. The zero-order chi connectivity index (χ0) is 12.4. The predicted octanol–water partition coefficient (Wildman–Crippen LogP) is 0.958. The molecule has 0 fully saturated rings. The third-order valence-corrected chi connectivity index (χ3v) is 2.32. The van der Waals surface area contributed by atoms with Crippen molar-refractivity contribution in [1.29, 1.82) is 0 Å². The number of amides is 1. The van der Waals surface area contributed by atoms with Crippen molar-refractivity contribution < 1.29 is 4.79 Å². The van der Waals surface area contributed by atoms with Crippen molar-refractivity contribution in [3.05, 3.63) is 35.9 Å². The summed E-state index contributed by atoms with van der Waals surface area (Å²) < 4.78 is 1.61. The minimum absolute atomic E-state index is 0.240. The molecule has 0 aromatic carbocycles. The third-order valence-electron chi connectivity index (χ3n) is 2.32. The molecule has 2 aromatic rings. The second-order valence-corrected chi connectivity index (χ2v) is 3.76. The van der Waals surface area contributed by atoms with Crippen LogP contribution < -0.4 is 11.1 Å². The molecule has 88 valence electrons. The highest BCUT2D eigenvalue weighted by Crippen LogP contribution is 2.12. The molecule has 2 aromatic heterocycles. The molecule has 0 aliphatic carbocycles. The average molecular weight is 231 g/mol. The standard InChI is InChI=1S/C11H13N5O/c1-7-10(3-8(12)4-13-7)11(17)15-9-5-14-16(2)6-9/h3-6H,12H2,1-2H3,(H,15,17). The zero-order valence-electron chi connectivity index (χ0n) is 9.64. The fourth-order valence-corrected chi connectivity index (χ4v) is 1.46. The number of aromatic nitrogens is 3. The molecule has 3 N–H and O–H groups in total. The molecular weight excluding hydrogens is 218 g/mol. The normalized spacial score (nSPS) is 10.2. The van der Waals surface area contributed by atoms with Gasteiger partial charge in [0.1, 0.15) is 0 Å². The van der Waals surface area contributed by atoms with E-state index in [1.807, 2.05) is 0 Å². The molecule has 0 atom stereocenters. The van der Waals surface area contributed by atoms with Gasteiger partial charge >= 0.3 is 0 Å². The Morgan fingerprint density at radius 1 is 1.47 bits per heavy atom. The number of carbonyl (C=O) groups is 1. The molecule has 0 radical (unpaired) electrons. The van der Waals surface area contributed by atoms with Crippen molar-refractivity contribution in [2.75, 3.05) is 11.1 Å². The lowest BCUT2D eigenvalue weighted by atomic mass is 10.2. The Balaban J connectivity index is 2.22. The SMILES string of the molecule is Cc1ncc(N)cc1C(=O)Nc1cnn(C)c1. The van der Waals surface area contributed by atoms with Gasteiger partial charge in [-0.2, -0.15) is 5.10 Å². The van der Waals surface area contributed by atoms with Gasteiger partial charge in [-0.25, -0.2) is 0 Å². The van der Waals surface area contributed by atoms with Gasteiger partial charge in [0, 0.05) is 13.2 Å². The summed E-state index contributed by atoms with van der Waals surface area (Å²) in [5, 5.41) is 6.69. The van der Waals surface area contributed by atoms with Gasteiger partial charge in [-0.1, -0.05) is 0 Å². The summed E-state index contributed by atoms with van der Waals surface area (Å²) in [5.74, 6) is -0.240. The molecule has 1 amide bonds. The maximum Gasteiger partial charge on any atom is 0.257 e. The Labute approximate surface area is 98.5 Å². The highest BCUT2D eigenvalue weighted by Gasteiger charge is 2.11.